The first-order valence-electron chi connectivity index (χ1n) is 5.94. The lowest BCUT2D eigenvalue weighted by Crippen LogP contribution is -2.40. The van der Waals surface area contributed by atoms with E-state index in [0.29, 0.717) is 17.2 Å². The molecule has 3 N–H and O–H groups in total. The van der Waals surface area contributed by atoms with Gasteiger partial charge in [-0.2, -0.15) is 0 Å². The number of carbonyl (C=O) groups excluding carboxylic acids is 1. The van der Waals surface area contributed by atoms with Crippen LogP contribution in [0.3, 0.4) is 0 Å². The predicted molar refractivity (Wildman–Crippen MR) is 72.8 cm³/mol. The largest absolute Gasteiger partial charge is 0.398 e. The van der Waals surface area contributed by atoms with Crippen LogP contribution in [-0.4, -0.2) is 11.9 Å². The number of hydrogen-bond acceptors (Lipinski definition) is 2. The smallest absolute Gasteiger partial charge is 0.251 e. The molecule has 1 unspecified atom stereocenters. The summed E-state index contributed by atoms with van der Waals surface area (Å²) in [5.74, 6) is 0.626. The van der Waals surface area contributed by atoms with Crippen LogP contribution in [0.5, 0.6) is 0 Å². The van der Waals surface area contributed by atoms with Crippen molar-refractivity contribution < 1.29 is 4.79 Å². The lowest BCUT2D eigenvalue weighted by molar-refractivity contribution is 0.0909. The summed E-state index contributed by atoms with van der Waals surface area (Å²) in [5, 5.41) is 3.04. The van der Waals surface area contributed by atoms with Crippen molar-refractivity contribution in [3.8, 4) is 0 Å². The van der Waals surface area contributed by atoms with Gasteiger partial charge in [-0.05, 0) is 59.8 Å². The van der Waals surface area contributed by atoms with E-state index in [4.69, 9.17) is 5.73 Å². The quantitative estimate of drug-likeness (QED) is 0.843. The van der Waals surface area contributed by atoms with E-state index >= 15 is 0 Å². The van der Waals surface area contributed by atoms with Gasteiger partial charge in [0.15, 0.2) is 0 Å². The number of amides is 1. The number of nitrogen functional groups attached to an aromatic ring is 1. The first-order chi connectivity index (χ1) is 8.08. The summed E-state index contributed by atoms with van der Waals surface area (Å²) < 4.78 is 0.765. The summed E-state index contributed by atoms with van der Waals surface area (Å²) in [4.78, 5) is 12.0. The van der Waals surface area contributed by atoms with Crippen LogP contribution in [0.2, 0.25) is 0 Å². The molecule has 0 bridgehead atoms. The second kappa shape index (κ2) is 5.08. The molecule has 0 aliphatic heterocycles. The Hall–Kier alpha value is -1.03. The lowest BCUT2D eigenvalue weighted by atomic mass is 9.80. The Kier molecular flexibility index (Phi) is 3.72. The fourth-order valence-corrected chi connectivity index (χ4v) is 2.39. The summed E-state index contributed by atoms with van der Waals surface area (Å²) in [7, 11) is 0. The molecule has 1 aliphatic carbocycles. The van der Waals surface area contributed by atoms with Gasteiger partial charge in [-0.3, -0.25) is 4.79 Å². The third-order valence-electron chi connectivity index (χ3n) is 3.48. The van der Waals surface area contributed by atoms with Gasteiger partial charge in [0, 0.05) is 21.8 Å². The topological polar surface area (TPSA) is 55.1 Å². The fourth-order valence-electron chi connectivity index (χ4n) is 2.02. The van der Waals surface area contributed by atoms with Gasteiger partial charge in [0.2, 0.25) is 0 Å². The number of nitrogens with one attached hydrogen (secondary N) is 1. The molecule has 1 amide bonds. The second-order valence-electron chi connectivity index (χ2n) is 4.69. The van der Waals surface area contributed by atoms with E-state index in [1.54, 1.807) is 18.2 Å². The lowest BCUT2D eigenvalue weighted by Gasteiger charge is -2.31. The Morgan fingerprint density at radius 2 is 2.24 bits per heavy atom. The summed E-state index contributed by atoms with van der Waals surface area (Å²) in [6.07, 6.45) is 3.75. The van der Waals surface area contributed by atoms with Crippen LogP contribution in [-0.2, 0) is 0 Å². The van der Waals surface area contributed by atoms with E-state index in [2.05, 4.69) is 28.2 Å². The summed E-state index contributed by atoms with van der Waals surface area (Å²) in [5.41, 5.74) is 6.99. The molecule has 1 aliphatic rings. The highest BCUT2D eigenvalue weighted by Gasteiger charge is 2.25. The number of benzene rings is 1. The summed E-state index contributed by atoms with van der Waals surface area (Å²) in [6, 6.07) is 5.52. The molecule has 4 heteroatoms. The molecule has 2 rings (SSSR count). The molecule has 1 atom stereocenters. The van der Waals surface area contributed by atoms with Crippen molar-refractivity contribution in [3.05, 3.63) is 28.2 Å². The van der Waals surface area contributed by atoms with Crippen LogP contribution in [0.1, 0.15) is 36.5 Å². The summed E-state index contributed by atoms with van der Waals surface area (Å²) >= 11 is 3.33. The van der Waals surface area contributed by atoms with Gasteiger partial charge < -0.3 is 11.1 Å². The normalized spacial score (nSPS) is 17.3. The molecule has 1 saturated carbocycles. The van der Waals surface area contributed by atoms with Gasteiger partial charge in [-0.15, -0.1) is 0 Å². The van der Waals surface area contributed by atoms with Crippen molar-refractivity contribution in [3.63, 3.8) is 0 Å². The van der Waals surface area contributed by atoms with E-state index in [9.17, 15) is 4.79 Å². The molecule has 17 heavy (non-hydrogen) atoms. The minimum atomic E-state index is -0.0231. The number of nitrogens with two attached hydrogens (primary N) is 1. The van der Waals surface area contributed by atoms with E-state index in [1.807, 2.05) is 0 Å². The zero-order chi connectivity index (χ0) is 12.4. The molecule has 0 heterocycles. The predicted octanol–water partition coefficient (Wildman–Crippen LogP) is 2.95. The molecule has 0 spiro atoms. The van der Waals surface area contributed by atoms with Crippen LogP contribution in [0.25, 0.3) is 0 Å². The number of halogens is 1. The number of carbonyl (C=O) groups is 1. The van der Waals surface area contributed by atoms with E-state index in [-0.39, 0.29) is 11.9 Å². The number of rotatable bonds is 3. The highest BCUT2D eigenvalue weighted by molar-refractivity contribution is 9.10. The average Bonchev–Trinajstić information content (AvgIpc) is 2.19. The van der Waals surface area contributed by atoms with Crippen molar-refractivity contribution in [2.75, 3.05) is 5.73 Å². The van der Waals surface area contributed by atoms with E-state index in [1.165, 1.54) is 19.3 Å². The van der Waals surface area contributed by atoms with Crippen LogP contribution >= 0.6 is 15.9 Å². The van der Waals surface area contributed by atoms with Gasteiger partial charge in [0.1, 0.15) is 0 Å². The van der Waals surface area contributed by atoms with E-state index in [0.717, 1.165) is 4.47 Å². The van der Waals surface area contributed by atoms with Crippen LogP contribution in [0.15, 0.2) is 22.7 Å². The third kappa shape index (κ3) is 2.80. The van der Waals surface area contributed by atoms with Crippen LogP contribution in [0.4, 0.5) is 5.69 Å². The minimum absolute atomic E-state index is 0.0231. The Morgan fingerprint density at radius 1 is 1.53 bits per heavy atom. The molecular weight excluding hydrogens is 280 g/mol. The maximum Gasteiger partial charge on any atom is 0.251 e. The van der Waals surface area contributed by atoms with Gasteiger partial charge in [0.25, 0.3) is 5.91 Å². The van der Waals surface area contributed by atoms with Crippen molar-refractivity contribution in [2.24, 2.45) is 5.92 Å². The Labute approximate surface area is 110 Å². The molecule has 1 fully saturated rings. The number of anilines is 1. The van der Waals surface area contributed by atoms with Crippen LogP contribution in [0, 0.1) is 5.92 Å². The monoisotopic (exact) mass is 296 g/mol. The second-order valence-corrected chi connectivity index (χ2v) is 5.54. The average molecular weight is 297 g/mol. The Bertz CT molecular complexity index is 429. The zero-order valence-corrected chi connectivity index (χ0v) is 11.5. The fraction of sp³-hybridized carbons (Fsp3) is 0.462. The zero-order valence-electron chi connectivity index (χ0n) is 9.87. The maximum atomic E-state index is 12.0. The third-order valence-corrected chi connectivity index (χ3v) is 4.17. The Morgan fingerprint density at radius 3 is 2.76 bits per heavy atom. The molecule has 1 aromatic carbocycles. The van der Waals surface area contributed by atoms with Crippen molar-refractivity contribution in [1.29, 1.82) is 0 Å². The van der Waals surface area contributed by atoms with Crippen molar-refractivity contribution >= 4 is 27.5 Å². The molecule has 0 radical (unpaired) electrons. The molecule has 3 nitrogen and oxygen atoms in total. The SMILES string of the molecule is CC(NC(=O)c1ccc(N)c(Br)c1)C1CCC1. The molecular formula is C13H17BrN2O. The first-order valence-corrected chi connectivity index (χ1v) is 6.73. The molecule has 0 saturated heterocycles. The minimum Gasteiger partial charge on any atom is -0.398 e. The van der Waals surface area contributed by atoms with Crippen LogP contribution < -0.4 is 11.1 Å². The summed E-state index contributed by atoms with van der Waals surface area (Å²) in [6.45, 7) is 2.08. The standard InChI is InChI=1S/C13H17BrN2O/c1-8(9-3-2-4-9)16-13(17)10-5-6-12(15)11(14)7-10/h5-9H,2-4,15H2,1H3,(H,16,17). The maximum absolute atomic E-state index is 12.0. The molecule has 92 valence electrons. The van der Waals surface area contributed by atoms with Gasteiger partial charge in [-0.25, -0.2) is 0 Å². The van der Waals surface area contributed by atoms with Gasteiger partial charge >= 0.3 is 0 Å². The Balaban J connectivity index is 2.01. The number of hydrogen-bond donors (Lipinski definition) is 2. The van der Waals surface area contributed by atoms with Gasteiger partial charge in [0.05, 0.1) is 0 Å². The molecule has 1 aromatic rings. The first kappa shape index (κ1) is 12.4. The van der Waals surface area contributed by atoms with Crippen molar-refractivity contribution in [2.45, 2.75) is 32.2 Å². The van der Waals surface area contributed by atoms with E-state index < -0.39 is 0 Å². The van der Waals surface area contributed by atoms with Gasteiger partial charge in [-0.1, -0.05) is 6.42 Å². The van der Waals surface area contributed by atoms with Crippen molar-refractivity contribution in [1.82, 2.24) is 5.32 Å². The highest BCUT2D eigenvalue weighted by Crippen LogP contribution is 2.29. The highest BCUT2D eigenvalue weighted by atomic mass is 79.9. The molecule has 0 aromatic heterocycles.